The van der Waals surface area contributed by atoms with Crippen molar-refractivity contribution in [3.63, 3.8) is 0 Å². The van der Waals surface area contributed by atoms with Crippen LogP contribution in [0.4, 0.5) is 4.79 Å². The van der Waals surface area contributed by atoms with Crippen LogP contribution in [0.25, 0.3) is 0 Å². The summed E-state index contributed by atoms with van der Waals surface area (Å²) < 4.78 is 10.5. The van der Waals surface area contributed by atoms with E-state index in [4.69, 9.17) is 15.2 Å². The first-order valence-electron chi connectivity index (χ1n) is 13.2. The minimum absolute atomic E-state index is 0.0114. The van der Waals surface area contributed by atoms with E-state index in [2.05, 4.69) is 16.0 Å². The molecule has 1 aromatic carbocycles. The fraction of sp³-hybridized carbons (Fsp3) is 0.607. The first-order chi connectivity index (χ1) is 18.1. The van der Waals surface area contributed by atoms with Crippen LogP contribution in [0.2, 0.25) is 0 Å². The fourth-order valence-corrected chi connectivity index (χ4v) is 3.56. The zero-order valence-corrected chi connectivity index (χ0v) is 24.0. The van der Waals surface area contributed by atoms with Crippen molar-refractivity contribution in [3.05, 3.63) is 35.9 Å². The number of primary amides is 1. The Kier molecular flexibility index (Phi) is 13.4. The Morgan fingerprint density at radius 1 is 0.872 bits per heavy atom. The van der Waals surface area contributed by atoms with Gasteiger partial charge in [-0.3, -0.25) is 19.2 Å². The number of carbonyl (C=O) groups is 5. The van der Waals surface area contributed by atoms with Crippen molar-refractivity contribution in [1.82, 2.24) is 16.0 Å². The predicted octanol–water partition coefficient (Wildman–Crippen LogP) is 2.56. The van der Waals surface area contributed by atoms with Crippen molar-refractivity contribution in [1.29, 1.82) is 0 Å². The molecule has 4 amide bonds. The number of nitrogens with two attached hydrogens (primary N) is 1. The highest BCUT2D eigenvalue weighted by Crippen LogP contribution is 2.12. The van der Waals surface area contributed by atoms with E-state index in [1.807, 2.05) is 44.2 Å². The molecule has 11 heteroatoms. The lowest BCUT2D eigenvalue weighted by atomic mass is 9.99. The van der Waals surface area contributed by atoms with E-state index in [1.54, 1.807) is 34.6 Å². The van der Waals surface area contributed by atoms with Crippen molar-refractivity contribution in [2.45, 2.75) is 98.1 Å². The fourth-order valence-electron chi connectivity index (χ4n) is 3.56. The molecular weight excluding hydrogens is 504 g/mol. The van der Waals surface area contributed by atoms with Gasteiger partial charge in [-0.2, -0.15) is 0 Å². The second kappa shape index (κ2) is 15.7. The lowest BCUT2D eigenvalue weighted by molar-refractivity contribution is -0.145. The average Bonchev–Trinajstić information content (AvgIpc) is 2.82. The second-order valence-corrected chi connectivity index (χ2v) is 11.2. The van der Waals surface area contributed by atoms with Gasteiger partial charge in [-0.25, -0.2) is 4.79 Å². The molecule has 1 aromatic rings. The zero-order chi connectivity index (χ0) is 29.8. The van der Waals surface area contributed by atoms with Gasteiger partial charge in [-0.05, 0) is 51.0 Å². The third-order valence-corrected chi connectivity index (χ3v) is 5.50. The standard InChI is InChI=1S/C28H44N4O7/c1-17(2)15-21(31-26(36)23(18(3)4)32-27(37)39-28(5,6)7)25(35)30-20(24(29)34)13-14-22(33)38-16-19-11-9-8-10-12-19/h8-12,17-18,20-21,23H,13-16H2,1-7H3,(H2,29,34)(H,30,35)(H,31,36)(H,32,37)/t20-,21-,23+/m0/s1. The smallest absolute Gasteiger partial charge is 0.408 e. The number of rotatable bonds is 14. The molecule has 218 valence electrons. The summed E-state index contributed by atoms with van der Waals surface area (Å²) in [5.74, 6) is -2.85. The van der Waals surface area contributed by atoms with Gasteiger partial charge in [0.25, 0.3) is 0 Å². The molecule has 0 aliphatic heterocycles. The summed E-state index contributed by atoms with van der Waals surface area (Å²) in [4.78, 5) is 62.7. The van der Waals surface area contributed by atoms with Crippen molar-refractivity contribution < 1.29 is 33.4 Å². The van der Waals surface area contributed by atoms with E-state index in [1.165, 1.54) is 0 Å². The lowest BCUT2D eigenvalue weighted by Crippen LogP contribution is -2.58. The Morgan fingerprint density at radius 2 is 1.46 bits per heavy atom. The SMILES string of the molecule is CC(C)C[C@H](NC(=O)[C@H](NC(=O)OC(C)(C)C)C(C)C)C(=O)N[C@@H](CCC(=O)OCc1ccccc1)C(N)=O. The largest absolute Gasteiger partial charge is 0.461 e. The molecular formula is C28H44N4O7. The summed E-state index contributed by atoms with van der Waals surface area (Å²) in [5.41, 5.74) is 5.55. The Hall–Kier alpha value is -3.63. The van der Waals surface area contributed by atoms with Crippen LogP contribution >= 0.6 is 0 Å². The van der Waals surface area contributed by atoms with Gasteiger partial charge in [0, 0.05) is 6.42 Å². The summed E-state index contributed by atoms with van der Waals surface area (Å²) in [5, 5.41) is 7.78. The number of hydrogen-bond donors (Lipinski definition) is 4. The van der Waals surface area contributed by atoms with Crippen LogP contribution in [-0.4, -0.2) is 53.5 Å². The van der Waals surface area contributed by atoms with Gasteiger partial charge in [0.2, 0.25) is 17.7 Å². The maximum atomic E-state index is 13.1. The van der Waals surface area contributed by atoms with Crippen LogP contribution in [0.5, 0.6) is 0 Å². The number of nitrogens with one attached hydrogen (secondary N) is 3. The molecule has 0 radical (unpaired) electrons. The molecule has 0 fully saturated rings. The molecule has 11 nitrogen and oxygen atoms in total. The van der Waals surface area contributed by atoms with Gasteiger partial charge in [-0.1, -0.05) is 58.0 Å². The van der Waals surface area contributed by atoms with Crippen LogP contribution in [0.1, 0.15) is 73.3 Å². The van der Waals surface area contributed by atoms with Gasteiger partial charge < -0.3 is 31.2 Å². The third-order valence-electron chi connectivity index (χ3n) is 5.50. The lowest BCUT2D eigenvalue weighted by Gasteiger charge is -2.28. The summed E-state index contributed by atoms with van der Waals surface area (Å²) in [6.45, 7) is 12.5. The van der Waals surface area contributed by atoms with Crippen LogP contribution < -0.4 is 21.7 Å². The molecule has 5 N–H and O–H groups in total. The number of hydrogen-bond acceptors (Lipinski definition) is 7. The number of ether oxygens (including phenoxy) is 2. The van der Waals surface area contributed by atoms with Crippen LogP contribution in [0, 0.1) is 11.8 Å². The molecule has 0 saturated carbocycles. The van der Waals surface area contributed by atoms with Gasteiger partial charge in [0.1, 0.15) is 30.3 Å². The predicted molar refractivity (Wildman–Crippen MR) is 146 cm³/mol. The molecule has 39 heavy (non-hydrogen) atoms. The minimum Gasteiger partial charge on any atom is -0.461 e. The number of carbonyl (C=O) groups excluding carboxylic acids is 5. The summed E-state index contributed by atoms with van der Waals surface area (Å²) >= 11 is 0. The van der Waals surface area contributed by atoms with E-state index in [0.717, 1.165) is 5.56 Å². The van der Waals surface area contributed by atoms with Crippen LogP contribution in [0.15, 0.2) is 30.3 Å². The molecule has 0 unspecified atom stereocenters. The van der Waals surface area contributed by atoms with Gasteiger partial charge in [0.05, 0.1) is 0 Å². The Labute approximate surface area is 230 Å². The molecule has 3 atom stereocenters. The van der Waals surface area contributed by atoms with Gasteiger partial charge >= 0.3 is 12.1 Å². The second-order valence-electron chi connectivity index (χ2n) is 11.2. The molecule has 0 aromatic heterocycles. The molecule has 1 rings (SSSR count). The molecule has 0 spiro atoms. The highest BCUT2D eigenvalue weighted by molar-refractivity contribution is 5.93. The monoisotopic (exact) mass is 548 g/mol. The summed E-state index contributed by atoms with van der Waals surface area (Å²) in [7, 11) is 0. The molecule has 0 aliphatic carbocycles. The van der Waals surface area contributed by atoms with E-state index in [-0.39, 0.29) is 37.7 Å². The molecule has 0 aliphatic rings. The van der Waals surface area contributed by atoms with Crippen LogP contribution in [0.3, 0.4) is 0 Å². The Bertz CT molecular complexity index is 974. The van der Waals surface area contributed by atoms with Gasteiger partial charge in [0.15, 0.2) is 0 Å². The summed E-state index contributed by atoms with van der Waals surface area (Å²) in [6.07, 6.45) is -0.697. The summed E-state index contributed by atoms with van der Waals surface area (Å²) in [6, 6.07) is 6.01. The highest BCUT2D eigenvalue weighted by Gasteiger charge is 2.32. The quantitative estimate of drug-likeness (QED) is 0.259. The average molecular weight is 549 g/mol. The van der Waals surface area contributed by atoms with Crippen LogP contribution in [-0.2, 0) is 35.3 Å². The maximum Gasteiger partial charge on any atom is 0.408 e. The van der Waals surface area contributed by atoms with E-state index >= 15 is 0 Å². The topological polar surface area (TPSA) is 166 Å². The molecule has 0 heterocycles. The zero-order valence-electron chi connectivity index (χ0n) is 24.0. The van der Waals surface area contributed by atoms with Crippen molar-refractivity contribution in [2.75, 3.05) is 0 Å². The van der Waals surface area contributed by atoms with Crippen molar-refractivity contribution >= 4 is 29.8 Å². The van der Waals surface area contributed by atoms with Gasteiger partial charge in [-0.15, -0.1) is 0 Å². The van der Waals surface area contributed by atoms with Crippen molar-refractivity contribution in [2.24, 2.45) is 17.6 Å². The number of esters is 1. The van der Waals surface area contributed by atoms with E-state index < -0.39 is 53.5 Å². The number of benzene rings is 1. The Balaban J connectivity index is 2.82. The normalized spacial score (nSPS) is 13.7. The first kappa shape index (κ1) is 33.4. The molecule has 0 bridgehead atoms. The van der Waals surface area contributed by atoms with Crippen molar-refractivity contribution in [3.8, 4) is 0 Å². The third kappa shape index (κ3) is 13.6. The van der Waals surface area contributed by atoms with E-state index in [0.29, 0.717) is 0 Å². The number of amides is 4. The van der Waals surface area contributed by atoms with E-state index in [9.17, 15) is 24.0 Å². The number of alkyl carbamates (subject to hydrolysis) is 1. The molecule has 0 saturated heterocycles. The minimum atomic E-state index is -1.14. The Morgan fingerprint density at radius 3 is 1.97 bits per heavy atom. The maximum absolute atomic E-state index is 13.1. The first-order valence-corrected chi connectivity index (χ1v) is 13.2. The highest BCUT2D eigenvalue weighted by atomic mass is 16.6.